The molecule has 0 unspecified atom stereocenters. The maximum Gasteiger partial charge on any atom is 0.390 e. The fourth-order valence-corrected chi connectivity index (χ4v) is 4.64. The Bertz CT molecular complexity index is 972. The smallest absolute Gasteiger partial charge is 0.358 e. The van der Waals surface area contributed by atoms with Crippen LogP contribution in [0.1, 0.15) is 47.9 Å². The van der Waals surface area contributed by atoms with E-state index in [1.54, 1.807) is 22.2 Å². The molecule has 0 saturated heterocycles. The molecule has 1 saturated carbocycles. The minimum absolute atomic E-state index is 0.154. The molecular formula is C16H15N5O2S. The van der Waals surface area contributed by atoms with Crippen LogP contribution in [0.15, 0.2) is 12.3 Å². The summed E-state index contributed by atoms with van der Waals surface area (Å²) < 4.78 is 1.55. The molecule has 5 rings (SSSR count). The summed E-state index contributed by atoms with van der Waals surface area (Å²) in [7, 11) is 0. The average Bonchev–Trinajstić information content (AvgIpc) is 3.19. The molecule has 0 spiro atoms. The van der Waals surface area contributed by atoms with Gasteiger partial charge in [-0.1, -0.05) is 0 Å². The molecule has 0 bridgehead atoms. The number of hydrogen-bond acceptors (Lipinski definition) is 6. The Hall–Kier alpha value is -2.35. The van der Waals surface area contributed by atoms with E-state index in [2.05, 4.69) is 5.10 Å². The molecular weight excluding hydrogens is 326 g/mol. The van der Waals surface area contributed by atoms with Crippen molar-refractivity contribution in [3.05, 3.63) is 38.6 Å². The number of hydrogen-bond donors (Lipinski definition) is 0. The van der Waals surface area contributed by atoms with Gasteiger partial charge in [-0.2, -0.15) is 0 Å². The first-order valence-corrected chi connectivity index (χ1v) is 9.05. The molecule has 0 amide bonds. The highest BCUT2D eigenvalue weighted by molar-refractivity contribution is 7.18. The van der Waals surface area contributed by atoms with Gasteiger partial charge in [0.15, 0.2) is 5.82 Å². The average molecular weight is 341 g/mol. The van der Waals surface area contributed by atoms with Crippen LogP contribution >= 0.6 is 11.3 Å². The van der Waals surface area contributed by atoms with Crippen molar-refractivity contribution in [2.75, 3.05) is 0 Å². The van der Waals surface area contributed by atoms with Crippen LogP contribution in [0.4, 0.5) is 5.82 Å². The molecule has 0 atom stereocenters. The number of aromatic nitrogens is 4. The minimum Gasteiger partial charge on any atom is -0.358 e. The van der Waals surface area contributed by atoms with Crippen LogP contribution in [0.25, 0.3) is 16.0 Å². The third-order valence-corrected chi connectivity index (χ3v) is 5.92. The van der Waals surface area contributed by atoms with Crippen LogP contribution in [0, 0.1) is 10.1 Å². The standard InChI is InChI=1S/C16H15N5O2S/c22-21(23)12-7-8-20(19-12)15-13-10-3-1-2-4-11(10)24-16(13)18-14(17-15)9-5-6-9/h7-9H,1-6H2. The number of nitro groups is 1. The van der Waals surface area contributed by atoms with Crippen LogP contribution in [-0.2, 0) is 12.8 Å². The van der Waals surface area contributed by atoms with Gasteiger partial charge in [0.2, 0.25) is 0 Å². The van der Waals surface area contributed by atoms with Gasteiger partial charge in [0.1, 0.15) is 10.7 Å². The lowest BCUT2D eigenvalue weighted by Gasteiger charge is -2.11. The van der Waals surface area contributed by atoms with E-state index in [9.17, 15) is 10.1 Å². The van der Waals surface area contributed by atoms with Gasteiger partial charge in [-0.3, -0.25) is 0 Å². The Balaban J connectivity index is 1.77. The highest BCUT2D eigenvalue weighted by Gasteiger charge is 2.30. The molecule has 2 aliphatic carbocycles. The SMILES string of the molecule is O=[N+]([O-])c1ccn(-c2nc(C3CC3)nc3sc4c(c23)CCCC4)n1. The zero-order chi connectivity index (χ0) is 16.3. The number of nitrogens with zero attached hydrogens (tertiary/aromatic N) is 5. The van der Waals surface area contributed by atoms with Crippen LogP contribution in [0.5, 0.6) is 0 Å². The van der Waals surface area contributed by atoms with E-state index in [4.69, 9.17) is 9.97 Å². The maximum absolute atomic E-state index is 11.0. The number of aryl methyl sites for hydroxylation is 2. The van der Waals surface area contributed by atoms with Gasteiger partial charge >= 0.3 is 5.82 Å². The summed E-state index contributed by atoms with van der Waals surface area (Å²) in [5.41, 5.74) is 1.32. The molecule has 0 aromatic carbocycles. The molecule has 3 aromatic heterocycles. The summed E-state index contributed by atoms with van der Waals surface area (Å²) in [6.07, 6.45) is 8.37. The second-order valence-electron chi connectivity index (χ2n) is 6.45. The van der Waals surface area contributed by atoms with Crippen molar-refractivity contribution in [2.45, 2.75) is 44.4 Å². The zero-order valence-electron chi connectivity index (χ0n) is 12.9. The highest BCUT2D eigenvalue weighted by Crippen LogP contribution is 2.42. The van der Waals surface area contributed by atoms with Crippen molar-refractivity contribution < 1.29 is 4.92 Å². The van der Waals surface area contributed by atoms with Gasteiger partial charge < -0.3 is 10.1 Å². The lowest BCUT2D eigenvalue weighted by atomic mass is 9.97. The van der Waals surface area contributed by atoms with Gasteiger partial charge in [-0.25, -0.2) is 9.97 Å². The molecule has 2 aliphatic rings. The van der Waals surface area contributed by atoms with E-state index < -0.39 is 4.92 Å². The first-order valence-electron chi connectivity index (χ1n) is 8.23. The predicted octanol–water partition coefficient (Wildman–Crippen LogP) is 3.54. The van der Waals surface area contributed by atoms with Gasteiger partial charge in [0.25, 0.3) is 0 Å². The first kappa shape index (κ1) is 14.0. The van der Waals surface area contributed by atoms with Crippen LogP contribution in [0.2, 0.25) is 0 Å². The van der Waals surface area contributed by atoms with Crippen LogP contribution < -0.4 is 0 Å². The van der Waals surface area contributed by atoms with Crippen molar-refractivity contribution in [3.8, 4) is 5.82 Å². The molecule has 0 N–H and O–H groups in total. The van der Waals surface area contributed by atoms with Gasteiger partial charge in [0.05, 0.1) is 22.7 Å². The van der Waals surface area contributed by atoms with Gasteiger partial charge in [-0.05, 0) is 49.0 Å². The monoisotopic (exact) mass is 341 g/mol. The number of fused-ring (bicyclic) bond motifs is 3. The quantitative estimate of drug-likeness (QED) is 0.537. The van der Waals surface area contributed by atoms with Crippen LogP contribution in [-0.4, -0.2) is 24.7 Å². The molecule has 122 valence electrons. The molecule has 0 radical (unpaired) electrons. The Morgan fingerprint density at radius 2 is 2.08 bits per heavy atom. The van der Waals surface area contributed by atoms with E-state index in [1.165, 1.54) is 29.3 Å². The summed E-state index contributed by atoms with van der Waals surface area (Å²) in [6, 6.07) is 1.42. The van der Waals surface area contributed by atoms with Gasteiger partial charge in [-0.15, -0.1) is 16.0 Å². The summed E-state index contributed by atoms with van der Waals surface area (Å²) in [5, 5.41) is 16.1. The lowest BCUT2D eigenvalue weighted by molar-refractivity contribution is -0.389. The number of thiophene rings is 1. The third kappa shape index (κ3) is 2.13. The molecule has 1 fully saturated rings. The molecule has 3 heterocycles. The fraction of sp³-hybridized carbons (Fsp3) is 0.438. The van der Waals surface area contributed by atoms with Crippen molar-refractivity contribution in [3.63, 3.8) is 0 Å². The molecule has 8 heteroatoms. The Kier molecular flexibility index (Phi) is 2.97. The first-order chi connectivity index (χ1) is 11.7. The van der Waals surface area contributed by atoms with E-state index >= 15 is 0 Å². The topological polar surface area (TPSA) is 86.7 Å². The Morgan fingerprint density at radius 1 is 1.25 bits per heavy atom. The fourth-order valence-electron chi connectivity index (χ4n) is 3.37. The molecule has 24 heavy (non-hydrogen) atoms. The summed E-state index contributed by atoms with van der Waals surface area (Å²) in [6.45, 7) is 0. The van der Waals surface area contributed by atoms with Crippen molar-refractivity contribution in [1.82, 2.24) is 19.7 Å². The zero-order valence-corrected chi connectivity index (χ0v) is 13.8. The minimum atomic E-state index is -0.472. The lowest BCUT2D eigenvalue weighted by Crippen LogP contribution is -2.06. The second-order valence-corrected chi connectivity index (χ2v) is 7.53. The normalized spacial score (nSPS) is 17.2. The van der Waals surface area contributed by atoms with Gasteiger partial charge in [0, 0.05) is 10.8 Å². The summed E-state index contributed by atoms with van der Waals surface area (Å²) in [4.78, 5) is 22.5. The predicted molar refractivity (Wildman–Crippen MR) is 89.8 cm³/mol. The van der Waals surface area contributed by atoms with E-state index in [0.717, 1.165) is 41.7 Å². The summed E-state index contributed by atoms with van der Waals surface area (Å²) >= 11 is 1.75. The highest BCUT2D eigenvalue weighted by atomic mass is 32.1. The van der Waals surface area contributed by atoms with Crippen molar-refractivity contribution in [2.24, 2.45) is 0 Å². The largest absolute Gasteiger partial charge is 0.390 e. The van der Waals surface area contributed by atoms with Crippen molar-refractivity contribution >= 4 is 27.4 Å². The summed E-state index contributed by atoms with van der Waals surface area (Å²) in [5.74, 6) is 1.83. The maximum atomic E-state index is 11.0. The second kappa shape index (κ2) is 5.07. The number of rotatable bonds is 3. The van der Waals surface area contributed by atoms with Crippen molar-refractivity contribution in [1.29, 1.82) is 0 Å². The van der Waals surface area contributed by atoms with E-state index in [0.29, 0.717) is 11.7 Å². The molecule has 7 nitrogen and oxygen atoms in total. The van der Waals surface area contributed by atoms with E-state index in [1.807, 2.05) is 0 Å². The molecule has 0 aliphatic heterocycles. The Labute approximate surface area is 141 Å². The third-order valence-electron chi connectivity index (χ3n) is 4.73. The van der Waals surface area contributed by atoms with Crippen LogP contribution in [0.3, 0.4) is 0 Å². The van der Waals surface area contributed by atoms with E-state index in [-0.39, 0.29) is 5.82 Å². The molecule has 3 aromatic rings. The Morgan fingerprint density at radius 3 is 2.83 bits per heavy atom.